The number of nitrogens with zero attached hydrogens (tertiary/aromatic N) is 3. The summed E-state index contributed by atoms with van der Waals surface area (Å²) in [5.74, 6) is 2.85. The molecule has 1 unspecified atom stereocenters. The molecule has 1 fully saturated rings. The molecule has 2 rings (SSSR count). The van der Waals surface area contributed by atoms with Gasteiger partial charge in [-0.25, -0.2) is 18.4 Å². The van der Waals surface area contributed by atoms with E-state index in [0.29, 0.717) is 29.1 Å². The van der Waals surface area contributed by atoms with Gasteiger partial charge in [0.2, 0.25) is 0 Å². The Labute approximate surface area is 128 Å². The highest BCUT2D eigenvalue weighted by Crippen LogP contribution is 2.28. The van der Waals surface area contributed by atoms with E-state index in [0.717, 1.165) is 5.75 Å². The first kappa shape index (κ1) is 15.7. The Bertz CT molecular complexity index is 557. The molecule has 1 aliphatic heterocycles. The van der Waals surface area contributed by atoms with Crippen LogP contribution in [0.25, 0.3) is 0 Å². The number of hydrogen-bond donors (Lipinski definition) is 1. The van der Waals surface area contributed by atoms with Gasteiger partial charge in [-0.05, 0) is 6.26 Å². The minimum atomic E-state index is -3.14. The van der Waals surface area contributed by atoms with Gasteiger partial charge in [0.25, 0.3) is 0 Å². The largest absolute Gasteiger partial charge is 0.373 e. The van der Waals surface area contributed by atoms with Crippen molar-refractivity contribution in [3.63, 3.8) is 0 Å². The molecule has 0 bridgehead atoms. The molecule has 0 radical (unpaired) electrons. The van der Waals surface area contributed by atoms with Crippen molar-refractivity contribution in [2.45, 2.75) is 10.5 Å². The summed E-state index contributed by atoms with van der Waals surface area (Å²) >= 11 is 3.10. The van der Waals surface area contributed by atoms with Gasteiger partial charge >= 0.3 is 0 Å². The van der Waals surface area contributed by atoms with Gasteiger partial charge in [-0.15, -0.1) is 0 Å². The van der Waals surface area contributed by atoms with E-state index in [1.807, 2.05) is 11.2 Å². The van der Waals surface area contributed by atoms with Gasteiger partial charge in [-0.3, -0.25) is 0 Å². The summed E-state index contributed by atoms with van der Waals surface area (Å²) in [5, 5.41) is 3.11. The molecule has 9 heteroatoms. The van der Waals surface area contributed by atoms with E-state index in [9.17, 15) is 8.42 Å². The minimum absolute atomic E-state index is 0.518. The third-order valence-electron chi connectivity index (χ3n) is 3.00. The molecule has 0 spiro atoms. The predicted molar refractivity (Wildman–Crippen MR) is 86.7 cm³/mol. The first-order valence-corrected chi connectivity index (χ1v) is 10.4. The lowest BCUT2D eigenvalue weighted by Gasteiger charge is -2.35. The highest BCUT2D eigenvalue weighted by Gasteiger charge is 2.32. The second-order valence-electron chi connectivity index (χ2n) is 4.40. The Kier molecular flexibility index (Phi) is 5.03. The number of hydrogen-bond acceptors (Lipinski definition) is 8. The molecular weight excluding hydrogens is 316 g/mol. The van der Waals surface area contributed by atoms with Gasteiger partial charge < -0.3 is 10.2 Å². The molecule has 6 nitrogen and oxygen atoms in total. The summed E-state index contributed by atoms with van der Waals surface area (Å²) in [4.78, 5) is 10.6. The number of rotatable bonds is 4. The fraction of sp³-hybridized carbons (Fsp3) is 0.636. The first-order chi connectivity index (χ1) is 9.45. The Balaban J connectivity index is 2.41. The fourth-order valence-corrected chi connectivity index (χ4v) is 5.18. The van der Waals surface area contributed by atoms with Gasteiger partial charge in [0.1, 0.15) is 17.0 Å². The van der Waals surface area contributed by atoms with Crippen LogP contribution in [-0.4, -0.2) is 61.4 Å². The summed E-state index contributed by atoms with van der Waals surface area (Å²) in [6.45, 7) is 0.677. The Hall–Kier alpha value is -0.670. The van der Waals surface area contributed by atoms with Crippen molar-refractivity contribution >= 4 is 45.0 Å². The molecule has 1 N–H and O–H groups in total. The van der Waals surface area contributed by atoms with Crippen molar-refractivity contribution in [3.8, 4) is 0 Å². The molecule has 1 atom stereocenters. The molecule has 0 amide bonds. The molecular formula is C11H18N4O2S3. The average molecular weight is 334 g/mol. The number of nitrogens with one attached hydrogen (secondary N) is 1. The third-order valence-corrected chi connectivity index (χ3v) is 6.19. The summed E-state index contributed by atoms with van der Waals surface area (Å²) < 4.78 is 23.9. The quantitative estimate of drug-likeness (QED) is 0.649. The summed E-state index contributed by atoms with van der Waals surface area (Å²) in [5.41, 5.74) is 0. The van der Waals surface area contributed by atoms with Crippen molar-refractivity contribution in [3.05, 3.63) is 6.07 Å². The molecule has 1 aromatic heterocycles. The number of sulfone groups is 1. The topological polar surface area (TPSA) is 75.2 Å². The zero-order valence-electron chi connectivity index (χ0n) is 11.7. The fourth-order valence-electron chi connectivity index (χ4n) is 1.98. The van der Waals surface area contributed by atoms with Gasteiger partial charge in [0.05, 0.1) is 0 Å². The van der Waals surface area contributed by atoms with Crippen LogP contribution >= 0.6 is 23.5 Å². The standard InChI is InChI=1S/C11H18N4O2S3/c1-12-8-6-9(14-11(13-8)18-2)15-4-5-19-7-10(15)20(3,16)17/h6,10H,4-5,7H2,1-3H3,(H,12,13,14). The van der Waals surface area contributed by atoms with E-state index in [2.05, 4.69) is 15.3 Å². The summed E-state index contributed by atoms with van der Waals surface area (Å²) in [6, 6.07) is 1.80. The average Bonchev–Trinajstić information content (AvgIpc) is 2.45. The van der Waals surface area contributed by atoms with E-state index < -0.39 is 15.2 Å². The van der Waals surface area contributed by atoms with Gasteiger partial charge in [0, 0.05) is 37.4 Å². The van der Waals surface area contributed by atoms with Crippen LogP contribution < -0.4 is 10.2 Å². The summed E-state index contributed by atoms with van der Waals surface area (Å²) in [7, 11) is -1.36. The Morgan fingerprint density at radius 2 is 2.25 bits per heavy atom. The second kappa shape index (κ2) is 6.40. The lowest BCUT2D eigenvalue weighted by Crippen LogP contribution is -2.47. The monoisotopic (exact) mass is 334 g/mol. The van der Waals surface area contributed by atoms with Gasteiger partial charge in [0.15, 0.2) is 15.0 Å². The van der Waals surface area contributed by atoms with Gasteiger partial charge in [-0.1, -0.05) is 11.8 Å². The van der Waals surface area contributed by atoms with Crippen LogP contribution in [0.3, 0.4) is 0 Å². The van der Waals surface area contributed by atoms with E-state index in [1.165, 1.54) is 18.0 Å². The van der Waals surface area contributed by atoms with Crippen molar-refractivity contribution in [2.75, 3.05) is 47.8 Å². The molecule has 1 aromatic rings. The first-order valence-electron chi connectivity index (χ1n) is 6.10. The van der Waals surface area contributed by atoms with Crippen LogP contribution in [0.4, 0.5) is 11.6 Å². The normalized spacial score (nSPS) is 19.9. The molecule has 2 heterocycles. The number of aromatic nitrogens is 2. The summed E-state index contributed by atoms with van der Waals surface area (Å²) in [6.07, 6.45) is 3.19. The van der Waals surface area contributed by atoms with E-state index >= 15 is 0 Å². The molecule has 0 saturated carbocycles. The molecule has 1 saturated heterocycles. The van der Waals surface area contributed by atoms with Crippen molar-refractivity contribution in [2.24, 2.45) is 0 Å². The lowest BCUT2D eigenvalue weighted by atomic mass is 10.4. The van der Waals surface area contributed by atoms with Crippen LogP contribution in [0.5, 0.6) is 0 Å². The Morgan fingerprint density at radius 3 is 2.85 bits per heavy atom. The Morgan fingerprint density at radius 1 is 1.50 bits per heavy atom. The van der Waals surface area contributed by atoms with E-state index in [1.54, 1.807) is 24.9 Å². The SMILES string of the molecule is CNc1cc(N2CCSCC2S(C)(=O)=O)nc(SC)n1. The maximum Gasteiger partial charge on any atom is 0.191 e. The van der Waals surface area contributed by atoms with Crippen LogP contribution in [0.2, 0.25) is 0 Å². The highest BCUT2D eigenvalue weighted by atomic mass is 32.2. The van der Waals surface area contributed by atoms with Crippen molar-refractivity contribution in [1.29, 1.82) is 0 Å². The molecule has 1 aliphatic rings. The smallest absolute Gasteiger partial charge is 0.191 e. The molecule has 0 aromatic carbocycles. The van der Waals surface area contributed by atoms with E-state index in [4.69, 9.17) is 0 Å². The second-order valence-corrected chi connectivity index (χ2v) is 8.53. The zero-order chi connectivity index (χ0) is 14.8. The van der Waals surface area contributed by atoms with Crippen LogP contribution in [0, 0.1) is 0 Å². The van der Waals surface area contributed by atoms with E-state index in [-0.39, 0.29) is 0 Å². The zero-order valence-corrected chi connectivity index (χ0v) is 14.1. The van der Waals surface area contributed by atoms with Crippen molar-refractivity contribution < 1.29 is 8.42 Å². The molecule has 0 aliphatic carbocycles. The predicted octanol–water partition coefficient (Wildman–Crippen LogP) is 1.16. The maximum atomic E-state index is 12.0. The number of anilines is 2. The van der Waals surface area contributed by atoms with Gasteiger partial charge in [-0.2, -0.15) is 11.8 Å². The molecule has 20 heavy (non-hydrogen) atoms. The van der Waals surface area contributed by atoms with Crippen LogP contribution in [-0.2, 0) is 9.84 Å². The maximum absolute atomic E-state index is 12.0. The highest BCUT2D eigenvalue weighted by molar-refractivity contribution is 8.01. The van der Waals surface area contributed by atoms with Crippen LogP contribution in [0.15, 0.2) is 11.2 Å². The molecule has 112 valence electrons. The van der Waals surface area contributed by atoms with Crippen molar-refractivity contribution in [1.82, 2.24) is 9.97 Å². The minimum Gasteiger partial charge on any atom is -0.373 e. The van der Waals surface area contributed by atoms with Crippen LogP contribution in [0.1, 0.15) is 0 Å². The lowest BCUT2D eigenvalue weighted by molar-refractivity contribution is 0.583. The third kappa shape index (κ3) is 3.50. The number of thioether (sulfide) groups is 2.